The Morgan fingerprint density at radius 2 is 1.72 bits per heavy atom. The first-order valence-electron chi connectivity index (χ1n) is 5.97. The Balaban J connectivity index is 3.15. The summed E-state index contributed by atoms with van der Waals surface area (Å²) < 4.78 is 9.77. The number of aryl methyl sites for hydroxylation is 1. The quantitative estimate of drug-likeness (QED) is 0.749. The molecule has 0 fully saturated rings. The van der Waals surface area contributed by atoms with E-state index in [2.05, 4.69) is 4.98 Å². The van der Waals surface area contributed by atoms with Crippen LogP contribution in [0.1, 0.15) is 47.2 Å². The number of carbonyl (C=O) groups is 2. The highest BCUT2D eigenvalue weighted by Gasteiger charge is 2.21. The monoisotopic (exact) mass is 251 g/mol. The number of ether oxygens (including phenoxy) is 2. The van der Waals surface area contributed by atoms with E-state index in [0.29, 0.717) is 0 Å². The molecule has 1 rings (SSSR count). The predicted molar refractivity (Wildman–Crippen MR) is 65.5 cm³/mol. The Hall–Kier alpha value is -1.91. The molecule has 1 aromatic rings. The zero-order valence-electron chi connectivity index (χ0n) is 10.9. The Bertz CT molecular complexity index is 443. The van der Waals surface area contributed by atoms with Gasteiger partial charge >= 0.3 is 11.9 Å². The minimum Gasteiger partial charge on any atom is -0.462 e. The zero-order chi connectivity index (χ0) is 13.5. The Morgan fingerprint density at radius 3 is 2.28 bits per heavy atom. The van der Waals surface area contributed by atoms with Crippen molar-refractivity contribution in [2.24, 2.45) is 0 Å². The molecule has 18 heavy (non-hydrogen) atoms. The molecule has 0 bridgehead atoms. The highest BCUT2D eigenvalue weighted by atomic mass is 16.5. The number of esters is 2. The van der Waals surface area contributed by atoms with E-state index in [1.54, 1.807) is 26.1 Å². The van der Waals surface area contributed by atoms with E-state index in [-0.39, 0.29) is 24.5 Å². The van der Waals surface area contributed by atoms with Crippen LogP contribution in [-0.4, -0.2) is 30.1 Å². The van der Waals surface area contributed by atoms with Crippen molar-refractivity contribution >= 4 is 11.9 Å². The molecule has 98 valence electrons. The van der Waals surface area contributed by atoms with Gasteiger partial charge in [0.15, 0.2) is 5.69 Å². The van der Waals surface area contributed by atoms with Gasteiger partial charge in [-0.3, -0.25) is 0 Å². The van der Waals surface area contributed by atoms with Crippen molar-refractivity contribution in [2.75, 3.05) is 13.2 Å². The fraction of sp³-hybridized carbons (Fsp3) is 0.462. The maximum atomic E-state index is 11.8. The van der Waals surface area contributed by atoms with Crippen molar-refractivity contribution in [2.45, 2.75) is 27.2 Å². The predicted octanol–water partition coefficient (Wildman–Crippen LogP) is 2.00. The first-order valence-corrected chi connectivity index (χ1v) is 5.97. The number of carbonyl (C=O) groups excluding carboxylic acids is 2. The van der Waals surface area contributed by atoms with Crippen molar-refractivity contribution in [3.8, 4) is 0 Å². The van der Waals surface area contributed by atoms with Gasteiger partial charge in [0.25, 0.3) is 0 Å². The second-order valence-corrected chi connectivity index (χ2v) is 3.53. The molecule has 0 radical (unpaired) electrons. The summed E-state index contributed by atoms with van der Waals surface area (Å²) in [6, 6.07) is 1.62. The lowest BCUT2D eigenvalue weighted by Gasteiger charge is -2.08. The van der Waals surface area contributed by atoms with Crippen molar-refractivity contribution in [3.05, 3.63) is 29.1 Å². The maximum absolute atomic E-state index is 11.8. The van der Waals surface area contributed by atoms with Gasteiger partial charge in [0.05, 0.1) is 18.8 Å². The molecule has 5 nitrogen and oxygen atoms in total. The third-order valence-electron chi connectivity index (χ3n) is 2.32. The van der Waals surface area contributed by atoms with E-state index >= 15 is 0 Å². The Labute approximate surface area is 106 Å². The van der Waals surface area contributed by atoms with Crippen LogP contribution < -0.4 is 0 Å². The van der Waals surface area contributed by atoms with Crippen LogP contribution in [0.5, 0.6) is 0 Å². The van der Waals surface area contributed by atoms with E-state index in [1.165, 1.54) is 0 Å². The lowest BCUT2D eigenvalue weighted by atomic mass is 10.1. The van der Waals surface area contributed by atoms with Gasteiger partial charge in [0, 0.05) is 6.20 Å². The van der Waals surface area contributed by atoms with Gasteiger partial charge in [-0.1, -0.05) is 6.92 Å². The molecule has 0 aliphatic heterocycles. The van der Waals surface area contributed by atoms with E-state index < -0.39 is 11.9 Å². The molecular weight excluding hydrogens is 234 g/mol. The van der Waals surface area contributed by atoms with Crippen LogP contribution >= 0.6 is 0 Å². The van der Waals surface area contributed by atoms with E-state index in [9.17, 15) is 9.59 Å². The average molecular weight is 251 g/mol. The minimum absolute atomic E-state index is 0.00694. The van der Waals surface area contributed by atoms with Gasteiger partial charge in [-0.2, -0.15) is 0 Å². The lowest BCUT2D eigenvalue weighted by Crippen LogP contribution is -2.16. The largest absolute Gasteiger partial charge is 0.462 e. The van der Waals surface area contributed by atoms with Gasteiger partial charge in [-0.25, -0.2) is 14.6 Å². The fourth-order valence-corrected chi connectivity index (χ4v) is 1.43. The molecule has 0 saturated carbocycles. The van der Waals surface area contributed by atoms with Crippen LogP contribution in [0.25, 0.3) is 0 Å². The van der Waals surface area contributed by atoms with Crippen LogP contribution in [0.15, 0.2) is 12.3 Å². The zero-order valence-corrected chi connectivity index (χ0v) is 10.9. The summed E-state index contributed by atoms with van der Waals surface area (Å²) in [6.45, 7) is 5.83. The normalized spacial score (nSPS) is 9.94. The molecule has 0 saturated heterocycles. The van der Waals surface area contributed by atoms with Crippen molar-refractivity contribution in [1.82, 2.24) is 4.98 Å². The number of hydrogen-bond acceptors (Lipinski definition) is 5. The summed E-state index contributed by atoms with van der Waals surface area (Å²) in [6.07, 6.45) is 2.29. The number of nitrogens with zero attached hydrogens (tertiary/aromatic N) is 1. The van der Waals surface area contributed by atoms with E-state index in [1.807, 2.05) is 6.92 Å². The molecule has 0 unspecified atom stereocenters. The molecular formula is C13H17NO4. The maximum Gasteiger partial charge on any atom is 0.357 e. The standard InChI is InChI=1S/C13H17NO4/c1-4-9-7-10(12(15)17-5-2)11(14-8-9)13(16)18-6-3/h7-8H,4-6H2,1-3H3. The topological polar surface area (TPSA) is 65.5 Å². The average Bonchev–Trinajstić information content (AvgIpc) is 2.38. The Kier molecular flexibility index (Phi) is 5.30. The van der Waals surface area contributed by atoms with Gasteiger partial charge in [-0.05, 0) is 31.9 Å². The van der Waals surface area contributed by atoms with Gasteiger partial charge < -0.3 is 9.47 Å². The highest BCUT2D eigenvalue weighted by Crippen LogP contribution is 2.12. The first kappa shape index (κ1) is 14.2. The van der Waals surface area contributed by atoms with Crippen molar-refractivity contribution in [3.63, 3.8) is 0 Å². The second-order valence-electron chi connectivity index (χ2n) is 3.53. The van der Waals surface area contributed by atoms with Gasteiger partial charge in [0.1, 0.15) is 0 Å². The summed E-state index contributed by atoms with van der Waals surface area (Å²) >= 11 is 0. The molecule has 0 spiro atoms. The summed E-state index contributed by atoms with van der Waals surface area (Å²) in [4.78, 5) is 27.4. The van der Waals surface area contributed by atoms with Crippen LogP contribution in [0.4, 0.5) is 0 Å². The van der Waals surface area contributed by atoms with E-state index in [0.717, 1.165) is 12.0 Å². The molecule has 0 N–H and O–H groups in total. The van der Waals surface area contributed by atoms with Crippen LogP contribution in [0.2, 0.25) is 0 Å². The molecule has 0 atom stereocenters. The van der Waals surface area contributed by atoms with Crippen LogP contribution in [0, 0.1) is 0 Å². The lowest BCUT2D eigenvalue weighted by molar-refractivity contribution is 0.0473. The van der Waals surface area contributed by atoms with Crippen molar-refractivity contribution < 1.29 is 19.1 Å². The first-order chi connectivity index (χ1) is 8.63. The smallest absolute Gasteiger partial charge is 0.357 e. The molecule has 1 aromatic heterocycles. The molecule has 0 amide bonds. The molecule has 0 aliphatic rings. The summed E-state index contributed by atoms with van der Waals surface area (Å²) in [5, 5.41) is 0. The number of aromatic nitrogens is 1. The van der Waals surface area contributed by atoms with Crippen molar-refractivity contribution in [1.29, 1.82) is 0 Å². The van der Waals surface area contributed by atoms with Crippen LogP contribution in [-0.2, 0) is 15.9 Å². The summed E-state index contributed by atoms with van der Waals surface area (Å²) in [5.74, 6) is -1.16. The molecule has 0 aromatic carbocycles. The Morgan fingerprint density at radius 1 is 1.11 bits per heavy atom. The minimum atomic E-state index is -0.608. The molecule has 5 heteroatoms. The van der Waals surface area contributed by atoms with Crippen LogP contribution in [0.3, 0.4) is 0 Å². The highest BCUT2D eigenvalue weighted by molar-refractivity contribution is 6.01. The van der Waals surface area contributed by atoms with Gasteiger partial charge in [0.2, 0.25) is 0 Å². The molecule has 0 aliphatic carbocycles. The molecule has 1 heterocycles. The SMILES string of the molecule is CCOC(=O)c1cc(CC)cnc1C(=O)OCC. The second kappa shape index (κ2) is 6.74. The number of pyridine rings is 1. The van der Waals surface area contributed by atoms with E-state index in [4.69, 9.17) is 9.47 Å². The number of hydrogen-bond donors (Lipinski definition) is 0. The summed E-state index contributed by atoms with van der Waals surface area (Å²) in [7, 11) is 0. The number of rotatable bonds is 5. The third kappa shape index (κ3) is 3.29. The fourth-order valence-electron chi connectivity index (χ4n) is 1.43. The third-order valence-corrected chi connectivity index (χ3v) is 2.32. The summed E-state index contributed by atoms with van der Waals surface area (Å²) in [5.41, 5.74) is 1.04. The van der Waals surface area contributed by atoms with Gasteiger partial charge in [-0.15, -0.1) is 0 Å².